The van der Waals surface area contributed by atoms with E-state index in [-0.39, 0.29) is 31.6 Å². The molecule has 0 spiro atoms. The number of nitrogens with zero attached hydrogens (tertiary/aromatic N) is 11. The van der Waals surface area contributed by atoms with E-state index in [1.807, 2.05) is 76.2 Å². The number of carbonyl (C=O) groups is 2. The first-order valence-corrected chi connectivity index (χ1v) is 20.2. The van der Waals surface area contributed by atoms with Crippen LogP contribution in [-0.2, 0) is 9.59 Å². The van der Waals surface area contributed by atoms with Gasteiger partial charge in [-0.3, -0.25) is 14.5 Å². The Morgan fingerprint density at radius 1 is 0.623 bits per heavy atom. The van der Waals surface area contributed by atoms with Gasteiger partial charge < -0.3 is 40.3 Å². The number of hydrogen-bond acceptors (Lipinski definition) is 17. The van der Waals surface area contributed by atoms with Crippen molar-refractivity contribution < 1.29 is 24.2 Å². The first-order valence-electron chi connectivity index (χ1n) is 20.2. The molecule has 0 atom stereocenters. The number of hydrogen-bond donors (Lipinski definition) is 4. The molecule has 61 heavy (non-hydrogen) atoms. The van der Waals surface area contributed by atoms with E-state index < -0.39 is 0 Å². The lowest BCUT2D eigenvalue weighted by molar-refractivity contribution is -0.118. The van der Waals surface area contributed by atoms with Crippen molar-refractivity contribution in [3.05, 3.63) is 83.4 Å². The van der Waals surface area contributed by atoms with Crippen molar-refractivity contribution in [2.75, 3.05) is 99.2 Å². The Labute approximate surface area is 353 Å². The summed E-state index contributed by atoms with van der Waals surface area (Å²) >= 11 is 0. The molecule has 0 radical (unpaired) electrons. The van der Waals surface area contributed by atoms with Crippen LogP contribution >= 0.6 is 0 Å². The fourth-order valence-electron chi connectivity index (χ4n) is 6.57. The number of aromatic nitrogens is 8. The number of carbonyl (C=O) groups excluding carboxylic acids is 2. The van der Waals surface area contributed by atoms with E-state index in [0.29, 0.717) is 69.6 Å². The zero-order valence-electron chi connectivity index (χ0n) is 34.8. The van der Waals surface area contributed by atoms with Crippen LogP contribution in [0.1, 0.15) is 22.5 Å². The van der Waals surface area contributed by atoms with Gasteiger partial charge in [-0.25, -0.2) is 29.9 Å². The highest BCUT2D eigenvalue weighted by molar-refractivity contribution is 5.92. The van der Waals surface area contributed by atoms with Crippen molar-refractivity contribution in [1.29, 1.82) is 0 Å². The number of aliphatic hydroxyl groups is 1. The molecule has 6 aromatic rings. The van der Waals surface area contributed by atoms with Crippen LogP contribution < -0.4 is 35.2 Å². The third-order valence-corrected chi connectivity index (χ3v) is 9.93. The minimum atomic E-state index is -0.324. The molecule has 2 aliphatic heterocycles. The van der Waals surface area contributed by atoms with Crippen LogP contribution in [0.4, 0.5) is 23.5 Å². The van der Waals surface area contributed by atoms with Gasteiger partial charge in [0.1, 0.15) is 22.5 Å². The predicted octanol–water partition coefficient (Wildman–Crippen LogP) is 2.63. The summed E-state index contributed by atoms with van der Waals surface area (Å²) in [5, 5.41) is 17.8. The van der Waals surface area contributed by atoms with E-state index in [9.17, 15) is 9.59 Å². The highest BCUT2D eigenvalue weighted by Crippen LogP contribution is 2.21. The van der Waals surface area contributed by atoms with E-state index in [1.165, 1.54) is 12.4 Å². The summed E-state index contributed by atoms with van der Waals surface area (Å²) in [6.07, 6.45) is 2.99. The number of aliphatic hydroxyl groups excluding tert-OH is 1. The lowest BCUT2D eigenvalue weighted by Gasteiger charge is -2.34. The molecule has 2 amide bonds. The first kappa shape index (κ1) is 42.4. The molecule has 2 aliphatic rings. The fourth-order valence-corrected chi connectivity index (χ4v) is 6.57. The molecule has 19 heteroatoms. The maximum Gasteiger partial charge on any atom is 0.263 e. The molecule has 6 heterocycles. The van der Waals surface area contributed by atoms with Crippen molar-refractivity contribution in [3.63, 3.8) is 0 Å². The third-order valence-electron chi connectivity index (χ3n) is 9.93. The number of fused-ring (bicyclic) bond motifs is 2. The number of rotatable bonds is 12. The van der Waals surface area contributed by atoms with Crippen molar-refractivity contribution >= 4 is 57.7 Å². The number of nitrogens with one attached hydrogen (secondary N) is 3. The van der Waals surface area contributed by atoms with Gasteiger partial charge in [-0.15, -0.1) is 0 Å². The SMILES string of the molecule is Cc1ccc(OCC(=O)Nc2cnc3nc(N4CCN(CCO)CC4)nc(C)c3n2)cc1.Cc1ccc(OCC(=O)Nc2cnc3nc(N4CCNCC4)nc(C)c3n2)cc1. The molecule has 2 saturated heterocycles. The molecule has 2 aromatic carbocycles. The predicted molar refractivity (Wildman–Crippen MR) is 231 cm³/mol. The van der Waals surface area contributed by atoms with E-state index >= 15 is 0 Å². The maximum atomic E-state index is 12.2. The summed E-state index contributed by atoms with van der Waals surface area (Å²) in [7, 11) is 0. The standard InChI is InChI=1S/C22H27N7O3.C20H23N7O2/c1-15-3-5-17(6-4-15)32-14-19(31)25-18-13-23-21-20(26-18)16(2)24-22(27-21)29-9-7-28(8-10-29)11-12-30;1-13-3-5-15(6-4-13)29-12-17(28)24-16-11-22-19-18(25-16)14(2)23-20(26-19)27-9-7-21-8-10-27/h3-6,13,30H,7-12,14H2,1-2H3,(H,25,26,31);3-6,11,21H,7-10,12H2,1-2H3,(H,24,25,28). The largest absolute Gasteiger partial charge is 0.484 e. The number of anilines is 4. The molecule has 0 saturated carbocycles. The van der Waals surface area contributed by atoms with Gasteiger partial charge in [0.15, 0.2) is 36.1 Å². The Hall–Kier alpha value is -6.70. The lowest BCUT2D eigenvalue weighted by atomic mass is 10.2. The quantitative estimate of drug-likeness (QED) is 0.139. The van der Waals surface area contributed by atoms with Crippen LogP contribution in [0.25, 0.3) is 22.3 Å². The van der Waals surface area contributed by atoms with Crippen LogP contribution in [0.3, 0.4) is 0 Å². The molecule has 19 nitrogen and oxygen atoms in total. The third kappa shape index (κ3) is 11.5. The number of ether oxygens (including phenoxy) is 2. The maximum absolute atomic E-state index is 12.2. The van der Waals surface area contributed by atoms with Crippen molar-refractivity contribution in [2.45, 2.75) is 27.7 Å². The monoisotopic (exact) mass is 830 g/mol. The van der Waals surface area contributed by atoms with Crippen molar-refractivity contribution in [3.8, 4) is 11.5 Å². The Balaban J connectivity index is 0.000000185. The molecular formula is C42H50N14O5. The molecule has 0 unspecified atom stereocenters. The van der Waals surface area contributed by atoms with E-state index in [0.717, 1.165) is 69.2 Å². The van der Waals surface area contributed by atoms with E-state index in [4.69, 9.17) is 14.6 Å². The smallest absolute Gasteiger partial charge is 0.263 e. The van der Waals surface area contributed by atoms with Crippen LogP contribution in [0, 0.1) is 27.7 Å². The second-order valence-corrected chi connectivity index (χ2v) is 14.7. The number of β-amino-alcohol motifs (C(OH)–C–C–N with tert-alkyl or cyclic N) is 1. The van der Waals surface area contributed by atoms with Gasteiger partial charge in [0.25, 0.3) is 11.8 Å². The Kier molecular flexibility index (Phi) is 13.9. The van der Waals surface area contributed by atoms with Crippen LogP contribution in [-0.4, -0.2) is 140 Å². The highest BCUT2D eigenvalue weighted by Gasteiger charge is 2.21. The molecule has 4 aromatic heterocycles. The topological polar surface area (TPSA) is 222 Å². The minimum Gasteiger partial charge on any atom is -0.484 e. The molecule has 318 valence electrons. The van der Waals surface area contributed by atoms with Crippen LogP contribution in [0.15, 0.2) is 60.9 Å². The van der Waals surface area contributed by atoms with Gasteiger partial charge in [0, 0.05) is 58.9 Å². The van der Waals surface area contributed by atoms with E-state index in [1.54, 1.807) is 0 Å². The summed E-state index contributed by atoms with van der Waals surface area (Å²) in [6.45, 7) is 15.1. The second kappa shape index (κ2) is 20.0. The van der Waals surface area contributed by atoms with E-state index in [2.05, 4.69) is 70.5 Å². The summed E-state index contributed by atoms with van der Waals surface area (Å²) in [6, 6.07) is 15.0. The average molecular weight is 831 g/mol. The Bertz CT molecular complexity index is 2440. The van der Waals surface area contributed by atoms with Crippen molar-refractivity contribution in [2.24, 2.45) is 0 Å². The van der Waals surface area contributed by atoms with Gasteiger partial charge in [-0.05, 0) is 52.0 Å². The number of piperazine rings is 2. The summed E-state index contributed by atoms with van der Waals surface area (Å²) in [4.78, 5) is 66.9. The summed E-state index contributed by atoms with van der Waals surface area (Å²) < 4.78 is 11.0. The number of aryl methyl sites for hydroxylation is 4. The molecule has 0 aliphatic carbocycles. The first-order chi connectivity index (χ1) is 29.6. The molecule has 2 fully saturated rings. The molecular weight excluding hydrogens is 781 g/mol. The summed E-state index contributed by atoms with van der Waals surface area (Å²) in [5.74, 6) is 2.59. The van der Waals surface area contributed by atoms with Gasteiger partial charge in [0.2, 0.25) is 11.9 Å². The number of benzene rings is 2. The average Bonchev–Trinajstić information content (AvgIpc) is 3.27. The lowest BCUT2D eigenvalue weighted by Crippen LogP contribution is -2.47. The number of amides is 2. The van der Waals surface area contributed by atoms with Gasteiger partial charge in [-0.2, -0.15) is 9.97 Å². The Morgan fingerprint density at radius 3 is 1.51 bits per heavy atom. The molecule has 4 N–H and O–H groups in total. The summed E-state index contributed by atoms with van der Waals surface area (Å²) in [5.41, 5.74) is 5.79. The fraction of sp³-hybridized carbons (Fsp3) is 0.381. The second-order valence-electron chi connectivity index (χ2n) is 14.7. The van der Waals surface area contributed by atoms with Gasteiger partial charge in [-0.1, -0.05) is 35.4 Å². The van der Waals surface area contributed by atoms with Crippen molar-refractivity contribution in [1.82, 2.24) is 50.1 Å². The van der Waals surface area contributed by atoms with Crippen LogP contribution in [0.2, 0.25) is 0 Å². The highest BCUT2D eigenvalue weighted by atomic mass is 16.5. The zero-order chi connectivity index (χ0) is 42.7. The zero-order valence-corrected chi connectivity index (χ0v) is 34.8. The van der Waals surface area contributed by atoms with Crippen LogP contribution in [0.5, 0.6) is 11.5 Å². The van der Waals surface area contributed by atoms with Gasteiger partial charge >= 0.3 is 0 Å². The molecule has 0 bridgehead atoms. The van der Waals surface area contributed by atoms with Gasteiger partial charge in [0.05, 0.1) is 30.4 Å². The molecule has 8 rings (SSSR count). The normalized spacial score (nSPS) is 14.3. The Morgan fingerprint density at radius 2 is 1.07 bits per heavy atom. The minimum absolute atomic E-state index is 0.111.